The van der Waals surface area contributed by atoms with Gasteiger partial charge < -0.3 is 5.11 Å². The number of rotatable bonds is 6. The highest BCUT2D eigenvalue weighted by molar-refractivity contribution is 8.23. The number of carbonyl (C=O) groups is 1. The SMILES string of the molecule is CCCCSC(=S)c1ccc(C(=O)O)c(CS)c1. The van der Waals surface area contributed by atoms with Crippen LogP contribution in [0.1, 0.15) is 41.3 Å². The van der Waals surface area contributed by atoms with Crippen molar-refractivity contribution in [2.75, 3.05) is 5.75 Å². The van der Waals surface area contributed by atoms with Crippen molar-refractivity contribution >= 4 is 46.8 Å². The molecule has 0 amide bonds. The van der Waals surface area contributed by atoms with Gasteiger partial charge in [-0.15, -0.1) is 11.8 Å². The number of thiol groups is 1. The standard InChI is InChI=1S/C13H16O2S3/c1-2-3-6-18-13(17)9-4-5-11(12(14)15)10(7-9)8-16/h4-5,7,16H,2-3,6,8H2,1H3,(H,14,15). The number of thioether (sulfide) groups is 1. The maximum Gasteiger partial charge on any atom is 0.335 e. The van der Waals surface area contributed by atoms with Crippen molar-refractivity contribution in [3.63, 3.8) is 0 Å². The number of benzene rings is 1. The zero-order chi connectivity index (χ0) is 13.5. The molecular formula is C13H16O2S3. The molecule has 0 radical (unpaired) electrons. The maximum absolute atomic E-state index is 11.0. The second-order valence-electron chi connectivity index (χ2n) is 3.82. The van der Waals surface area contributed by atoms with Gasteiger partial charge in [0, 0.05) is 5.75 Å². The Morgan fingerprint density at radius 2 is 2.22 bits per heavy atom. The lowest BCUT2D eigenvalue weighted by Crippen LogP contribution is -2.03. The minimum Gasteiger partial charge on any atom is -0.478 e. The molecule has 0 spiro atoms. The lowest BCUT2D eigenvalue weighted by Gasteiger charge is -2.08. The molecule has 1 aromatic carbocycles. The molecular weight excluding hydrogens is 284 g/mol. The van der Waals surface area contributed by atoms with Gasteiger partial charge in [-0.3, -0.25) is 0 Å². The number of carboxylic acids is 1. The van der Waals surface area contributed by atoms with Crippen LogP contribution in [0.2, 0.25) is 0 Å². The number of hydrogen-bond acceptors (Lipinski definition) is 4. The third kappa shape index (κ3) is 4.30. The molecule has 0 saturated heterocycles. The van der Waals surface area contributed by atoms with Gasteiger partial charge in [0.2, 0.25) is 0 Å². The van der Waals surface area contributed by atoms with Gasteiger partial charge in [-0.05, 0) is 35.4 Å². The number of thiocarbonyl (C=S) groups is 1. The van der Waals surface area contributed by atoms with Crippen LogP contribution in [-0.4, -0.2) is 21.0 Å². The van der Waals surface area contributed by atoms with Crippen molar-refractivity contribution < 1.29 is 9.90 Å². The molecule has 2 nitrogen and oxygen atoms in total. The van der Waals surface area contributed by atoms with E-state index in [4.69, 9.17) is 17.3 Å². The first-order chi connectivity index (χ1) is 8.60. The highest BCUT2D eigenvalue weighted by atomic mass is 32.2. The van der Waals surface area contributed by atoms with Crippen LogP contribution in [0.25, 0.3) is 0 Å². The minimum absolute atomic E-state index is 0.301. The van der Waals surface area contributed by atoms with Gasteiger partial charge in [0.15, 0.2) is 0 Å². The number of aromatic carboxylic acids is 1. The van der Waals surface area contributed by atoms with E-state index >= 15 is 0 Å². The smallest absolute Gasteiger partial charge is 0.335 e. The zero-order valence-corrected chi connectivity index (χ0v) is 12.7. The maximum atomic E-state index is 11.0. The molecule has 98 valence electrons. The summed E-state index contributed by atoms with van der Waals surface area (Å²) in [7, 11) is 0. The molecule has 0 bridgehead atoms. The summed E-state index contributed by atoms with van der Waals surface area (Å²) in [5.41, 5.74) is 1.93. The molecule has 1 N–H and O–H groups in total. The van der Waals surface area contributed by atoms with Crippen molar-refractivity contribution in [1.29, 1.82) is 0 Å². The van der Waals surface area contributed by atoms with Crippen LogP contribution in [0.3, 0.4) is 0 Å². The summed E-state index contributed by atoms with van der Waals surface area (Å²) >= 11 is 11.1. The van der Waals surface area contributed by atoms with Crippen LogP contribution in [0.5, 0.6) is 0 Å². The van der Waals surface area contributed by atoms with Crippen molar-refractivity contribution in [2.45, 2.75) is 25.5 Å². The summed E-state index contributed by atoms with van der Waals surface area (Å²) < 4.78 is 0.823. The van der Waals surface area contributed by atoms with Crippen molar-refractivity contribution in [2.24, 2.45) is 0 Å². The molecule has 0 heterocycles. The number of hydrogen-bond donors (Lipinski definition) is 2. The molecule has 0 fully saturated rings. The Bertz CT molecular complexity index is 444. The monoisotopic (exact) mass is 300 g/mol. The molecule has 0 aliphatic heterocycles. The lowest BCUT2D eigenvalue weighted by atomic mass is 10.1. The Kier molecular flexibility index (Phi) is 6.75. The predicted octanol–water partition coefficient (Wildman–Crippen LogP) is 4.02. The fourth-order valence-corrected chi connectivity index (χ4v) is 3.00. The van der Waals surface area contributed by atoms with Crippen LogP contribution in [0.15, 0.2) is 18.2 Å². The van der Waals surface area contributed by atoms with Gasteiger partial charge in [-0.25, -0.2) is 4.79 Å². The van der Waals surface area contributed by atoms with Crippen LogP contribution in [0.4, 0.5) is 0 Å². The second kappa shape index (κ2) is 7.81. The van der Waals surface area contributed by atoms with Gasteiger partial charge in [-0.2, -0.15) is 12.6 Å². The lowest BCUT2D eigenvalue weighted by molar-refractivity contribution is 0.0696. The van der Waals surface area contributed by atoms with E-state index in [2.05, 4.69) is 19.6 Å². The summed E-state index contributed by atoms with van der Waals surface area (Å²) in [5.74, 6) is 0.486. The van der Waals surface area contributed by atoms with E-state index in [1.54, 1.807) is 23.9 Å². The van der Waals surface area contributed by atoms with E-state index in [1.807, 2.05) is 6.07 Å². The average molecular weight is 300 g/mol. The van der Waals surface area contributed by atoms with Crippen LogP contribution in [0, 0.1) is 0 Å². The molecule has 18 heavy (non-hydrogen) atoms. The molecule has 0 aliphatic carbocycles. The van der Waals surface area contributed by atoms with Gasteiger partial charge in [0.25, 0.3) is 0 Å². The first-order valence-corrected chi connectivity index (χ1v) is 7.77. The fourth-order valence-electron chi connectivity index (χ4n) is 1.45. The quantitative estimate of drug-likeness (QED) is 0.473. The molecule has 5 heteroatoms. The van der Waals surface area contributed by atoms with Crippen molar-refractivity contribution in [3.8, 4) is 0 Å². The Morgan fingerprint density at radius 1 is 1.50 bits per heavy atom. The predicted molar refractivity (Wildman–Crippen MR) is 85.2 cm³/mol. The van der Waals surface area contributed by atoms with Crippen LogP contribution in [-0.2, 0) is 5.75 Å². The second-order valence-corrected chi connectivity index (χ2v) is 5.91. The first kappa shape index (κ1) is 15.5. The highest BCUT2D eigenvalue weighted by Gasteiger charge is 2.11. The van der Waals surface area contributed by atoms with E-state index in [0.29, 0.717) is 16.9 Å². The highest BCUT2D eigenvalue weighted by Crippen LogP contribution is 2.20. The van der Waals surface area contributed by atoms with Crippen molar-refractivity contribution in [3.05, 3.63) is 34.9 Å². The average Bonchev–Trinajstić information content (AvgIpc) is 2.37. The molecule has 0 unspecified atom stereocenters. The topological polar surface area (TPSA) is 37.3 Å². The van der Waals surface area contributed by atoms with Crippen molar-refractivity contribution in [1.82, 2.24) is 0 Å². The van der Waals surface area contributed by atoms with Gasteiger partial charge in [0.1, 0.15) is 0 Å². The Hall–Kier alpha value is -0.520. The molecule has 0 aromatic heterocycles. The van der Waals surface area contributed by atoms with Crippen LogP contribution < -0.4 is 0 Å². The zero-order valence-electron chi connectivity index (χ0n) is 10.2. The van der Waals surface area contributed by atoms with Gasteiger partial charge in [0.05, 0.1) is 9.76 Å². The Morgan fingerprint density at radius 3 is 2.78 bits per heavy atom. The van der Waals surface area contributed by atoms with E-state index in [0.717, 1.165) is 28.4 Å². The normalized spacial score (nSPS) is 10.3. The summed E-state index contributed by atoms with van der Waals surface area (Å²) in [4.78, 5) is 11.0. The van der Waals surface area contributed by atoms with E-state index in [9.17, 15) is 4.79 Å². The number of carboxylic acid groups (broad SMARTS) is 1. The molecule has 0 saturated carbocycles. The Labute approximate surface area is 123 Å². The summed E-state index contributed by atoms with van der Waals surface area (Å²) in [6.07, 6.45) is 2.28. The van der Waals surface area contributed by atoms with Gasteiger partial charge in [-0.1, -0.05) is 31.6 Å². The summed E-state index contributed by atoms with van der Waals surface area (Å²) in [6, 6.07) is 5.21. The molecule has 1 aromatic rings. The van der Waals surface area contributed by atoms with E-state index in [-0.39, 0.29) is 0 Å². The number of unbranched alkanes of at least 4 members (excludes halogenated alkanes) is 1. The van der Waals surface area contributed by atoms with E-state index in [1.165, 1.54) is 0 Å². The molecule has 1 rings (SSSR count). The van der Waals surface area contributed by atoms with Gasteiger partial charge >= 0.3 is 5.97 Å². The summed E-state index contributed by atoms with van der Waals surface area (Å²) in [6.45, 7) is 2.14. The minimum atomic E-state index is -0.921. The summed E-state index contributed by atoms with van der Waals surface area (Å²) in [5, 5.41) is 9.03. The third-order valence-corrected chi connectivity index (χ3v) is 4.39. The van der Waals surface area contributed by atoms with E-state index < -0.39 is 5.97 Å². The molecule has 0 atom stereocenters. The van der Waals surface area contributed by atoms with Crippen LogP contribution >= 0.6 is 36.6 Å². The Balaban J connectivity index is 2.85. The first-order valence-electron chi connectivity index (χ1n) is 5.74. The largest absolute Gasteiger partial charge is 0.478 e. The third-order valence-electron chi connectivity index (χ3n) is 2.47. The fraction of sp³-hybridized carbons (Fsp3) is 0.385. The molecule has 0 aliphatic rings.